The first-order valence-corrected chi connectivity index (χ1v) is 5.08. The maximum absolute atomic E-state index is 11.5. The predicted molar refractivity (Wildman–Crippen MR) is 60.5 cm³/mol. The first kappa shape index (κ1) is 12.5. The number of aliphatic hydroxyl groups excluding tert-OH is 1. The fraction of sp³-hybridized carbons (Fsp3) is 0.600. The molecule has 4 N–H and O–H groups in total. The lowest BCUT2D eigenvalue weighted by molar-refractivity contribution is -0.122. The van der Waals surface area contributed by atoms with Gasteiger partial charge in [0, 0.05) is 24.8 Å². The number of carbonyl (C=O) groups excluding carboxylic acids is 1. The lowest BCUT2D eigenvalue weighted by Crippen LogP contribution is -2.37. The van der Waals surface area contributed by atoms with Gasteiger partial charge < -0.3 is 16.2 Å². The van der Waals surface area contributed by atoms with Gasteiger partial charge in [0.15, 0.2) is 0 Å². The highest BCUT2D eigenvalue weighted by atomic mass is 16.3. The molecule has 0 saturated heterocycles. The zero-order valence-corrected chi connectivity index (χ0v) is 9.60. The minimum atomic E-state index is -0.307. The number of aromatic nitrogens is 2. The van der Waals surface area contributed by atoms with E-state index in [1.54, 1.807) is 6.20 Å². The van der Waals surface area contributed by atoms with E-state index >= 15 is 0 Å². The Morgan fingerprint density at radius 2 is 2.38 bits per heavy atom. The summed E-state index contributed by atoms with van der Waals surface area (Å²) < 4.78 is 1.47. The Morgan fingerprint density at radius 1 is 1.69 bits per heavy atom. The van der Waals surface area contributed by atoms with Crippen LogP contribution in [-0.2, 0) is 11.3 Å². The van der Waals surface area contributed by atoms with E-state index in [-0.39, 0.29) is 24.5 Å². The van der Waals surface area contributed by atoms with Gasteiger partial charge in [0.25, 0.3) is 0 Å². The number of nitrogens with two attached hydrogens (primary N) is 1. The highest BCUT2D eigenvalue weighted by Gasteiger charge is 2.17. The number of rotatable bonds is 5. The van der Waals surface area contributed by atoms with Crippen LogP contribution in [0.5, 0.6) is 0 Å². The van der Waals surface area contributed by atoms with Gasteiger partial charge in [-0.2, -0.15) is 5.10 Å². The van der Waals surface area contributed by atoms with Crippen LogP contribution in [0.25, 0.3) is 0 Å². The van der Waals surface area contributed by atoms with Gasteiger partial charge in [-0.15, -0.1) is 0 Å². The second-order valence-corrected chi connectivity index (χ2v) is 4.57. The molecule has 0 aliphatic carbocycles. The number of carbonyl (C=O) groups is 1. The smallest absolute Gasteiger partial charge is 0.241 e. The summed E-state index contributed by atoms with van der Waals surface area (Å²) >= 11 is 0. The van der Waals surface area contributed by atoms with Gasteiger partial charge in [-0.05, 0) is 0 Å². The quantitative estimate of drug-likeness (QED) is 0.637. The Kier molecular flexibility index (Phi) is 3.89. The van der Waals surface area contributed by atoms with Crippen molar-refractivity contribution in [2.75, 3.05) is 18.9 Å². The number of nitrogen functional groups attached to an aromatic ring is 1. The van der Waals surface area contributed by atoms with E-state index in [9.17, 15) is 4.79 Å². The number of nitrogens with one attached hydrogen (secondary N) is 1. The summed E-state index contributed by atoms with van der Waals surface area (Å²) in [5, 5.41) is 15.6. The molecule has 0 bridgehead atoms. The second-order valence-electron chi connectivity index (χ2n) is 4.57. The number of nitrogens with zero attached hydrogens (tertiary/aromatic N) is 2. The average Bonchev–Trinajstić information content (AvgIpc) is 2.61. The maximum Gasteiger partial charge on any atom is 0.241 e. The largest absolute Gasteiger partial charge is 0.396 e. The molecule has 6 heteroatoms. The molecule has 0 atom stereocenters. The normalized spacial score (nSPS) is 11.4. The molecule has 1 heterocycles. The molecule has 1 aromatic heterocycles. The van der Waals surface area contributed by atoms with Crippen molar-refractivity contribution in [3.8, 4) is 0 Å². The van der Waals surface area contributed by atoms with Crippen molar-refractivity contribution in [1.82, 2.24) is 15.1 Å². The van der Waals surface area contributed by atoms with Crippen molar-refractivity contribution >= 4 is 11.6 Å². The van der Waals surface area contributed by atoms with Crippen LogP contribution >= 0.6 is 0 Å². The fourth-order valence-electron chi connectivity index (χ4n) is 1.06. The molecule has 6 nitrogen and oxygen atoms in total. The lowest BCUT2D eigenvalue weighted by atomic mass is 9.95. The van der Waals surface area contributed by atoms with Crippen molar-refractivity contribution in [1.29, 1.82) is 0 Å². The SMILES string of the molecule is CC(C)(CO)CNC(=O)Cn1cc(N)cn1. The van der Waals surface area contributed by atoms with Crippen LogP contribution < -0.4 is 11.1 Å². The Labute approximate surface area is 94.4 Å². The molecule has 1 aromatic rings. The van der Waals surface area contributed by atoms with E-state index in [1.807, 2.05) is 13.8 Å². The highest BCUT2D eigenvalue weighted by Crippen LogP contribution is 2.10. The molecule has 0 spiro atoms. The predicted octanol–water partition coefficient (Wildman–Crippen LogP) is -0.400. The summed E-state index contributed by atoms with van der Waals surface area (Å²) in [6.07, 6.45) is 3.09. The van der Waals surface area contributed by atoms with Crippen LogP contribution in [0, 0.1) is 5.41 Å². The van der Waals surface area contributed by atoms with E-state index in [4.69, 9.17) is 10.8 Å². The molecule has 0 unspecified atom stereocenters. The third-order valence-electron chi connectivity index (χ3n) is 2.15. The van der Waals surface area contributed by atoms with Crippen molar-refractivity contribution < 1.29 is 9.90 Å². The van der Waals surface area contributed by atoms with E-state index in [0.29, 0.717) is 12.2 Å². The van der Waals surface area contributed by atoms with Crippen LogP contribution in [-0.4, -0.2) is 33.9 Å². The van der Waals surface area contributed by atoms with E-state index in [0.717, 1.165) is 0 Å². The summed E-state index contributed by atoms with van der Waals surface area (Å²) in [6, 6.07) is 0. The molecule has 0 aliphatic rings. The second kappa shape index (κ2) is 4.98. The molecule has 0 aliphatic heterocycles. The Balaban J connectivity index is 2.37. The molecule has 0 fully saturated rings. The third kappa shape index (κ3) is 3.90. The van der Waals surface area contributed by atoms with Crippen LogP contribution in [0.4, 0.5) is 5.69 Å². The first-order chi connectivity index (χ1) is 7.43. The monoisotopic (exact) mass is 226 g/mol. The fourth-order valence-corrected chi connectivity index (χ4v) is 1.06. The zero-order chi connectivity index (χ0) is 12.2. The average molecular weight is 226 g/mol. The number of hydrogen-bond donors (Lipinski definition) is 3. The molecule has 1 amide bonds. The Morgan fingerprint density at radius 3 is 2.88 bits per heavy atom. The first-order valence-electron chi connectivity index (χ1n) is 5.08. The van der Waals surface area contributed by atoms with Gasteiger partial charge in [-0.3, -0.25) is 9.48 Å². The summed E-state index contributed by atoms with van der Waals surface area (Å²) in [4.78, 5) is 11.5. The van der Waals surface area contributed by atoms with E-state index in [1.165, 1.54) is 10.9 Å². The third-order valence-corrected chi connectivity index (χ3v) is 2.15. The van der Waals surface area contributed by atoms with Gasteiger partial charge in [0.2, 0.25) is 5.91 Å². The van der Waals surface area contributed by atoms with Gasteiger partial charge in [0.1, 0.15) is 6.54 Å². The molecular formula is C10H18N4O2. The number of hydrogen-bond acceptors (Lipinski definition) is 4. The standard InChI is InChI=1S/C10H18N4O2/c1-10(2,7-15)6-12-9(16)5-14-4-8(11)3-13-14/h3-4,15H,5-7,11H2,1-2H3,(H,12,16). The Hall–Kier alpha value is -1.56. The summed E-state index contributed by atoms with van der Waals surface area (Å²) in [6.45, 7) is 4.35. The van der Waals surface area contributed by atoms with Crippen LogP contribution in [0.3, 0.4) is 0 Å². The van der Waals surface area contributed by atoms with Gasteiger partial charge in [-0.25, -0.2) is 0 Å². The van der Waals surface area contributed by atoms with Crippen LogP contribution in [0.1, 0.15) is 13.8 Å². The molecule has 1 rings (SSSR count). The van der Waals surface area contributed by atoms with Crippen molar-refractivity contribution in [2.24, 2.45) is 5.41 Å². The lowest BCUT2D eigenvalue weighted by Gasteiger charge is -2.21. The molecule has 0 saturated carbocycles. The van der Waals surface area contributed by atoms with Gasteiger partial charge in [0.05, 0.1) is 11.9 Å². The summed E-state index contributed by atoms with van der Waals surface area (Å²) in [5.41, 5.74) is 5.70. The molecule has 0 aromatic carbocycles. The molecule has 16 heavy (non-hydrogen) atoms. The zero-order valence-electron chi connectivity index (χ0n) is 9.60. The highest BCUT2D eigenvalue weighted by molar-refractivity contribution is 5.75. The van der Waals surface area contributed by atoms with E-state index < -0.39 is 0 Å². The van der Waals surface area contributed by atoms with Crippen LogP contribution in [0.15, 0.2) is 12.4 Å². The topological polar surface area (TPSA) is 93.2 Å². The van der Waals surface area contributed by atoms with Gasteiger partial charge in [-0.1, -0.05) is 13.8 Å². The number of anilines is 1. The summed E-state index contributed by atoms with van der Waals surface area (Å²) in [5.74, 6) is -0.148. The van der Waals surface area contributed by atoms with Crippen LogP contribution in [0.2, 0.25) is 0 Å². The van der Waals surface area contributed by atoms with E-state index in [2.05, 4.69) is 10.4 Å². The maximum atomic E-state index is 11.5. The van der Waals surface area contributed by atoms with Crippen molar-refractivity contribution in [2.45, 2.75) is 20.4 Å². The summed E-state index contributed by atoms with van der Waals surface area (Å²) in [7, 11) is 0. The van der Waals surface area contributed by atoms with Crippen molar-refractivity contribution in [3.05, 3.63) is 12.4 Å². The molecule has 0 radical (unpaired) electrons. The van der Waals surface area contributed by atoms with Crippen molar-refractivity contribution in [3.63, 3.8) is 0 Å². The Bertz CT molecular complexity index is 359. The minimum Gasteiger partial charge on any atom is -0.396 e. The number of amides is 1. The van der Waals surface area contributed by atoms with Gasteiger partial charge >= 0.3 is 0 Å². The molecular weight excluding hydrogens is 208 g/mol. The minimum absolute atomic E-state index is 0.0298. The number of aliphatic hydroxyl groups is 1. The molecule has 90 valence electrons.